The molecule has 7 rings (SSSR count). The van der Waals surface area contributed by atoms with Crippen molar-refractivity contribution >= 4 is 23.9 Å². The first kappa shape index (κ1) is 66.0. The van der Waals surface area contributed by atoms with Crippen LogP contribution in [-0.2, 0) is 25.7 Å². The van der Waals surface area contributed by atoms with Crippen LogP contribution in [0.5, 0.6) is 23.0 Å². The molecule has 0 unspecified atom stereocenters. The van der Waals surface area contributed by atoms with E-state index in [1.807, 2.05) is 38.1 Å². The van der Waals surface area contributed by atoms with Crippen molar-refractivity contribution in [3.63, 3.8) is 0 Å². The summed E-state index contributed by atoms with van der Waals surface area (Å²) < 4.78 is 23.1. The van der Waals surface area contributed by atoms with Crippen molar-refractivity contribution in [1.29, 1.82) is 0 Å². The van der Waals surface area contributed by atoms with Gasteiger partial charge in [0.25, 0.3) is 0 Å². The molecule has 7 aromatic carbocycles. The molecule has 0 radical (unpaired) electrons. The average molecular weight is 1160 g/mol. The first-order valence-electron chi connectivity index (χ1n) is 32.8. The molecule has 0 atom stereocenters. The van der Waals surface area contributed by atoms with Gasteiger partial charge in [-0.05, 0) is 156 Å². The second-order valence-corrected chi connectivity index (χ2v) is 23.2. The molecule has 86 heavy (non-hydrogen) atoms. The molecule has 454 valence electrons. The van der Waals surface area contributed by atoms with Gasteiger partial charge in [-0.2, -0.15) is 0 Å². The molecule has 7 aromatic rings. The number of aryl methyl sites for hydroxylation is 4. The summed E-state index contributed by atoms with van der Waals surface area (Å²) >= 11 is 0. The normalized spacial score (nSPS) is 11.1. The Hall–Kier alpha value is -7.58. The summed E-state index contributed by atoms with van der Waals surface area (Å²) in [6.07, 6.45) is 35.5. The smallest absolute Gasteiger partial charge is 0.343 e. The minimum absolute atomic E-state index is 0.177. The summed E-state index contributed by atoms with van der Waals surface area (Å²) in [7, 11) is 0. The van der Waals surface area contributed by atoms with Crippen LogP contribution in [0.25, 0.3) is 22.3 Å². The molecule has 8 nitrogen and oxygen atoms in total. The number of esters is 4. The molecular formula is C78H94O8. The SMILES string of the molecule is CCCCCCCCCCCCCCc1ccc(-c2ccc(C(=O)Oc3ccc(C(=O)Oc4cccc(OC(=O)c5ccc(OC(=O)c6ccc(-c7ccc(CCCCCCCCCCCCCC)cc7)cc6)cc5CC)c4)c(CC)c3)cc2)cc1. The number of ether oxygens (including phenoxy) is 4. The van der Waals surface area contributed by atoms with E-state index in [-0.39, 0.29) is 11.5 Å². The van der Waals surface area contributed by atoms with Crippen molar-refractivity contribution in [1.82, 2.24) is 0 Å². The Bertz CT molecular complexity index is 2950. The maximum absolute atomic E-state index is 13.6. The average Bonchev–Trinajstić information content (AvgIpc) is 2.96. The van der Waals surface area contributed by atoms with Crippen LogP contribution in [-0.4, -0.2) is 23.9 Å². The van der Waals surface area contributed by atoms with Crippen molar-refractivity contribution in [2.24, 2.45) is 0 Å². The molecule has 0 aliphatic rings. The molecule has 0 aromatic heterocycles. The van der Waals surface area contributed by atoms with Crippen LogP contribution in [0, 0.1) is 0 Å². The van der Waals surface area contributed by atoms with Gasteiger partial charge in [0.1, 0.15) is 23.0 Å². The fraction of sp³-hybridized carbons (Fsp3) is 0.410. The van der Waals surface area contributed by atoms with E-state index in [0.717, 1.165) is 35.1 Å². The lowest BCUT2D eigenvalue weighted by atomic mass is 10.00. The van der Waals surface area contributed by atoms with Gasteiger partial charge in [-0.3, -0.25) is 0 Å². The molecule has 0 heterocycles. The molecule has 0 spiro atoms. The number of hydrogen-bond acceptors (Lipinski definition) is 8. The molecule has 0 aliphatic heterocycles. The Kier molecular flexibility index (Phi) is 28.4. The van der Waals surface area contributed by atoms with Gasteiger partial charge in [0, 0.05) is 6.07 Å². The van der Waals surface area contributed by atoms with E-state index >= 15 is 0 Å². The van der Waals surface area contributed by atoms with Gasteiger partial charge in [0.15, 0.2) is 0 Å². The fourth-order valence-electron chi connectivity index (χ4n) is 11.2. The van der Waals surface area contributed by atoms with Gasteiger partial charge >= 0.3 is 23.9 Å². The maximum atomic E-state index is 13.6. The third-order valence-electron chi connectivity index (χ3n) is 16.5. The number of carbonyl (C=O) groups is 4. The van der Waals surface area contributed by atoms with Crippen LogP contribution in [0.15, 0.2) is 158 Å². The van der Waals surface area contributed by atoms with Crippen LogP contribution in [0.1, 0.15) is 245 Å². The standard InChI is InChI=1S/C78H94O8/c1-5-9-11-13-15-17-19-21-23-25-27-29-32-59-36-40-63(41-37-59)65-44-48-67(49-45-65)75(79)83-71-52-54-73(61(7-3)56-71)77(81)85-69-34-31-35-70(58-69)86-78(82)74-55-53-72(57-62(74)8-4)84-76(80)68-50-46-66(47-51-68)64-42-38-60(39-43-64)33-30-28-26-24-22-20-18-16-14-12-10-6-2/h31,34-58H,5-30,32-33H2,1-4H3. The number of carbonyl (C=O) groups excluding carboxylic acids is 4. The van der Waals surface area contributed by atoms with E-state index in [1.165, 1.54) is 171 Å². The Morgan fingerprint density at radius 1 is 0.279 bits per heavy atom. The highest BCUT2D eigenvalue weighted by atomic mass is 16.6. The summed E-state index contributed by atoms with van der Waals surface area (Å²) in [5, 5.41) is 0. The van der Waals surface area contributed by atoms with Crippen LogP contribution >= 0.6 is 0 Å². The summed E-state index contributed by atoms with van der Waals surface area (Å²) in [5.74, 6) is -1.26. The Balaban J connectivity index is 0.823. The summed E-state index contributed by atoms with van der Waals surface area (Å²) in [4.78, 5) is 53.8. The Labute approximate surface area is 514 Å². The second kappa shape index (κ2) is 37.1. The first-order valence-corrected chi connectivity index (χ1v) is 32.8. The van der Waals surface area contributed by atoms with Crippen LogP contribution in [0.2, 0.25) is 0 Å². The summed E-state index contributed by atoms with van der Waals surface area (Å²) in [6.45, 7) is 8.35. The van der Waals surface area contributed by atoms with E-state index in [0.29, 0.717) is 57.7 Å². The van der Waals surface area contributed by atoms with Crippen molar-refractivity contribution in [3.05, 3.63) is 202 Å². The third-order valence-corrected chi connectivity index (χ3v) is 16.5. The quantitative estimate of drug-likeness (QED) is 0.0214. The third kappa shape index (κ3) is 22.0. The first-order chi connectivity index (χ1) is 42.1. The number of rotatable bonds is 38. The predicted molar refractivity (Wildman–Crippen MR) is 351 cm³/mol. The van der Waals surface area contributed by atoms with Gasteiger partial charge < -0.3 is 18.9 Å². The van der Waals surface area contributed by atoms with Crippen molar-refractivity contribution < 1.29 is 38.1 Å². The highest BCUT2D eigenvalue weighted by Crippen LogP contribution is 2.29. The molecule has 8 heteroatoms. The maximum Gasteiger partial charge on any atom is 0.343 e. The fourth-order valence-corrected chi connectivity index (χ4v) is 11.2. The van der Waals surface area contributed by atoms with E-state index < -0.39 is 23.9 Å². The van der Waals surface area contributed by atoms with Crippen LogP contribution < -0.4 is 18.9 Å². The summed E-state index contributed by atoms with van der Waals surface area (Å²) in [5.41, 5.74) is 9.64. The van der Waals surface area contributed by atoms with E-state index in [1.54, 1.807) is 78.9 Å². The zero-order valence-corrected chi connectivity index (χ0v) is 52.1. The van der Waals surface area contributed by atoms with Crippen molar-refractivity contribution in [3.8, 4) is 45.3 Å². The molecule has 0 fully saturated rings. The lowest BCUT2D eigenvalue weighted by Gasteiger charge is -2.13. The predicted octanol–water partition coefficient (Wildman–Crippen LogP) is 21.5. The molecule has 0 bridgehead atoms. The summed E-state index contributed by atoms with van der Waals surface area (Å²) in [6, 6.07) is 48.2. The topological polar surface area (TPSA) is 105 Å². The van der Waals surface area contributed by atoms with E-state index in [2.05, 4.69) is 62.4 Å². The van der Waals surface area contributed by atoms with Gasteiger partial charge in [-0.15, -0.1) is 0 Å². The molecular weight excluding hydrogens is 1060 g/mol. The highest BCUT2D eigenvalue weighted by Gasteiger charge is 2.20. The van der Waals surface area contributed by atoms with Crippen LogP contribution in [0.3, 0.4) is 0 Å². The second-order valence-electron chi connectivity index (χ2n) is 23.2. The number of hydrogen-bond donors (Lipinski definition) is 0. The minimum Gasteiger partial charge on any atom is -0.423 e. The van der Waals surface area contributed by atoms with Crippen molar-refractivity contribution in [2.45, 2.75) is 207 Å². The molecule has 0 saturated carbocycles. The number of benzene rings is 7. The lowest BCUT2D eigenvalue weighted by Crippen LogP contribution is -2.14. The minimum atomic E-state index is -0.615. The Morgan fingerprint density at radius 3 is 0.872 bits per heavy atom. The molecule has 0 saturated heterocycles. The monoisotopic (exact) mass is 1160 g/mol. The van der Waals surface area contributed by atoms with E-state index in [9.17, 15) is 19.2 Å². The highest BCUT2D eigenvalue weighted by molar-refractivity contribution is 5.96. The molecule has 0 N–H and O–H groups in total. The van der Waals surface area contributed by atoms with Gasteiger partial charge in [0.2, 0.25) is 0 Å². The number of unbranched alkanes of at least 4 members (excludes halogenated alkanes) is 22. The largest absolute Gasteiger partial charge is 0.423 e. The van der Waals surface area contributed by atoms with Gasteiger partial charge in [0.05, 0.1) is 22.3 Å². The van der Waals surface area contributed by atoms with Crippen molar-refractivity contribution in [2.75, 3.05) is 0 Å². The van der Waals surface area contributed by atoms with Crippen LogP contribution in [0.4, 0.5) is 0 Å². The molecule has 0 amide bonds. The zero-order chi connectivity index (χ0) is 60.6. The lowest BCUT2D eigenvalue weighted by molar-refractivity contribution is 0.0722. The van der Waals surface area contributed by atoms with Gasteiger partial charge in [-0.25, -0.2) is 19.2 Å². The Morgan fingerprint density at radius 2 is 0.558 bits per heavy atom. The van der Waals surface area contributed by atoms with Gasteiger partial charge in [-0.1, -0.05) is 248 Å². The zero-order valence-electron chi connectivity index (χ0n) is 52.1. The molecule has 0 aliphatic carbocycles. The van der Waals surface area contributed by atoms with E-state index in [4.69, 9.17) is 18.9 Å².